The third-order valence-corrected chi connectivity index (χ3v) is 5.66. The normalized spacial score (nSPS) is 20.3. The summed E-state index contributed by atoms with van der Waals surface area (Å²) in [7, 11) is 1.84. The van der Waals surface area contributed by atoms with Crippen LogP contribution in [0.15, 0.2) is 4.99 Å². The molecule has 2 N–H and O–H groups in total. The zero-order valence-corrected chi connectivity index (χ0v) is 19.9. The summed E-state index contributed by atoms with van der Waals surface area (Å²) in [6.45, 7) is 16.8. The molecule has 2 saturated heterocycles. The zero-order chi connectivity index (χ0) is 22.0. The molecule has 2 aliphatic heterocycles. The van der Waals surface area contributed by atoms with E-state index >= 15 is 0 Å². The van der Waals surface area contributed by atoms with Gasteiger partial charge in [0.2, 0.25) is 0 Å². The quantitative estimate of drug-likeness (QED) is 0.370. The number of hydrogen-bond acceptors (Lipinski definition) is 5. The molecule has 0 atom stereocenters. The molecule has 0 aromatic rings. The summed E-state index contributed by atoms with van der Waals surface area (Å²) in [5.41, 5.74) is -0.432. The van der Waals surface area contributed by atoms with Gasteiger partial charge in [-0.2, -0.15) is 0 Å². The van der Waals surface area contributed by atoms with Crippen molar-refractivity contribution in [3.05, 3.63) is 0 Å². The molecule has 0 aromatic carbocycles. The van der Waals surface area contributed by atoms with Crippen molar-refractivity contribution >= 4 is 12.1 Å². The molecule has 8 nitrogen and oxygen atoms in total. The van der Waals surface area contributed by atoms with Crippen molar-refractivity contribution in [2.45, 2.75) is 65.0 Å². The number of carbonyl (C=O) groups excluding carboxylic acids is 1. The second-order valence-corrected chi connectivity index (χ2v) is 9.42. The Kier molecular flexibility index (Phi) is 10.2. The molecular formula is C22H44N6O2. The SMILES string of the molecule is CCCN1CCC(NC(=NC)NCCCN2CCN(C(=O)OC(C)(C)C)CC2)CC1. The van der Waals surface area contributed by atoms with E-state index in [1.807, 2.05) is 32.7 Å². The Morgan fingerprint density at radius 1 is 1.03 bits per heavy atom. The third-order valence-electron chi connectivity index (χ3n) is 5.66. The second kappa shape index (κ2) is 12.3. The van der Waals surface area contributed by atoms with Crippen molar-refractivity contribution in [2.24, 2.45) is 4.99 Å². The molecule has 2 fully saturated rings. The number of piperidine rings is 1. The molecule has 0 aromatic heterocycles. The van der Waals surface area contributed by atoms with Crippen molar-refractivity contribution in [3.8, 4) is 0 Å². The number of hydrogen-bond donors (Lipinski definition) is 2. The first-order valence-electron chi connectivity index (χ1n) is 11.7. The van der Waals surface area contributed by atoms with E-state index in [9.17, 15) is 4.79 Å². The Balaban J connectivity index is 1.57. The molecule has 2 rings (SSSR count). The van der Waals surface area contributed by atoms with Gasteiger partial charge < -0.3 is 25.2 Å². The highest BCUT2D eigenvalue weighted by Crippen LogP contribution is 2.12. The molecule has 2 heterocycles. The maximum Gasteiger partial charge on any atom is 0.410 e. The van der Waals surface area contributed by atoms with Gasteiger partial charge in [0.25, 0.3) is 0 Å². The van der Waals surface area contributed by atoms with Gasteiger partial charge in [0.1, 0.15) is 5.60 Å². The van der Waals surface area contributed by atoms with Crippen LogP contribution < -0.4 is 10.6 Å². The van der Waals surface area contributed by atoms with E-state index in [0.29, 0.717) is 6.04 Å². The van der Waals surface area contributed by atoms with Gasteiger partial charge in [-0.05, 0) is 59.5 Å². The van der Waals surface area contributed by atoms with E-state index in [1.165, 1.54) is 38.9 Å². The van der Waals surface area contributed by atoms with Crippen LogP contribution >= 0.6 is 0 Å². The van der Waals surface area contributed by atoms with Gasteiger partial charge in [0.15, 0.2) is 5.96 Å². The molecule has 0 spiro atoms. The molecule has 1 amide bonds. The third kappa shape index (κ3) is 9.08. The molecule has 0 aliphatic carbocycles. The summed E-state index contributed by atoms with van der Waals surface area (Å²) >= 11 is 0. The molecule has 174 valence electrons. The van der Waals surface area contributed by atoms with Crippen LogP contribution in [0.3, 0.4) is 0 Å². The van der Waals surface area contributed by atoms with E-state index in [2.05, 4.69) is 32.3 Å². The maximum absolute atomic E-state index is 12.2. The van der Waals surface area contributed by atoms with Gasteiger partial charge in [0, 0.05) is 58.9 Å². The second-order valence-electron chi connectivity index (χ2n) is 9.42. The Hall–Kier alpha value is -1.54. The van der Waals surface area contributed by atoms with Crippen molar-refractivity contribution in [2.75, 3.05) is 66.0 Å². The lowest BCUT2D eigenvalue weighted by Crippen LogP contribution is -2.51. The minimum atomic E-state index is -0.432. The van der Waals surface area contributed by atoms with Crippen LogP contribution in [0.4, 0.5) is 4.79 Å². The van der Waals surface area contributed by atoms with Crippen LogP contribution in [0.25, 0.3) is 0 Å². The Morgan fingerprint density at radius 2 is 1.67 bits per heavy atom. The molecular weight excluding hydrogens is 380 g/mol. The Labute approximate surface area is 183 Å². The maximum atomic E-state index is 12.2. The van der Waals surface area contributed by atoms with E-state index in [1.54, 1.807) is 0 Å². The van der Waals surface area contributed by atoms with Gasteiger partial charge in [-0.15, -0.1) is 0 Å². The summed E-state index contributed by atoms with van der Waals surface area (Å²) in [5, 5.41) is 7.04. The number of carbonyl (C=O) groups is 1. The number of rotatable bonds is 7. The van der Waals surface area contributed by atoms with Gasteiger partial charge in [0.05, 0.1) is 0 Å². The fraction of sp³-hybridized carbons (Fsp3) is 0.909. The molecule has 0 saturated carbocycles. The highest BCUT2D eigenvalue weighted by molar-refractivity contribution is 5.79. The van der Waals surface area contributed by atoms with Crippen molar-refractivity contribution in [1.82, 2.24) is 25.3 Å². The first-order valence-corrected chi connectivity index (χ1v) is 11.7. The van der Waals surface area contributed by atoms with E-state index in [0.717, 1.165) is 51.6 Å². The van der Waals surface area contributed by atoms with Gasteiger partial charge in [-0.3, -0.25) is 9.89 Å². The number of nitrogens with zero attached hydrogens (tertiary/aromatic N) is 4. The first-order chi connectivity index (χ1) is 14.3. The molecule has 0 unspecified atom stereocenters. The predicted molar refractivity (Wildman–Crippen MR) is 123 cm³/mol. The van der Waals surface area contributed by atoms with Crippen LogP contribution in [-0.2, 0) is 4.74 Å². The summed E-state index contributed by atoms with van der Waals surface area (Å²) in [6.07, 6.45) is 4.46. The summed E-state index contributed by atoms with van der Waals surface area (Å²) in [6, 6.07) is 0.519. The average Bonchev–Trinajstić information content (AvgIpc) is 2.71. The Morgan fingerprint density at radius 3 is 2.23 bits per heavy atom. The number of nitrogens with one attached hydrogen (secondary N) is 2. The summed E-state index contributed by atoms with van der Waals surface area (Å²) in [5.74, 6) is 0.915. The number of likely N-dealkylation sites (tertiary alicyclic amines) is 1. The number of piperazine rings is 1. The highest BCUT2D eigenvalue weighted by Gasteiger charge is 2.25. The minimum Gasteiger partial charge on any atom is -0.444 e. The molecule has 0 bridgehead atoms. The molecule has 30 heavy (non-hydrogen) atoms. The summed E-state index contributed by atoms with van der Waals surface area (Å²) < 4.78 is 5.47. The number of amides is 1. The smallest absolute Gasteiger partial charge is 0.410 e. The van der Waals surface area contributed by atoms with Crippen LogP contribution in [-0.4, -0.2) is 104 Å². The fourth-order valence-electron chi connectivity index (χ4n) is 4.00. The van der Waals surface area contributed by atoms with Crippen LogP contribution in [0.2, 0.25) is 0 Å². The number of guanidine groups is 1. The van der Waals surface area contributed by atoms with Crippen LogP contribution in [0, 0.1) is 0 Å². The lowest BCUT2D eigenvalue weighted by atomic mass is 10.1. The molecule has 8 heteroatoms. The van der Waals surface area contributed by atoms with Crippen molar-refractivity contribution < 1.29 is 9.53 Å². The van der Waals surface area contributed by atoms with Gasteiger partial charge >= 0.3 is 6.09 Å². The Bertz CT molecular complexity index is 532. The number of aliphatic imine (C=N–C) groups is 1. The van der Waals surface area contributed by atoms with E-state index in [4.69, 9.17) is 4.74 Å². The average molecular weight is 425 g/mol. The summed E-state index contributed by atoms with van der Waals surface area (Å²) in [4.78, 5) is 23.3. The van der Waals surface area contributed by atoms with Crippen molar-refractivity contribution in [3.63, 3.8) is 0 Å². The fourth-order valence-corrected chi connectivity index (χ4v) is 4.00. The topological polar surface area (TPSA) is 72.4 Å². The molecule has 0 radical (unpaired) electrons. The zero-order valence-electron chi connectivity index (χ0n) is 19.9. The van der Waals surface area contributed by atoms with Gasteiger partial charge in [-0.1, -0.05) is 6.92 Å². The molecule has 2 aliphatic rings. The highest BCUT2D eigenvalue weighted by atomic mass is 16.6. The van der Waals surface area contributed by atoms with E-state index < -0.39 is 5.60 Å². The standard InChI is InChI=1S/C22H44N6O2/c1-6-11-26-13-8-19(9-14-26)25-20(23-5)24-10-7-12-27-15-17-28(18-16-27)21(29)30-22(2,3)4/h19H,6-18H2,1-5H3,(H2,23,24,25). The van der Waals surface area contributed by atoms with Gasteiger partial charge in [-0.25, -0.2) is 4.79 Å². The van der Waals surface area contributed by atoms with Crippen LogP contribution in [0.1, 0.15) is 53.4 Å². The van der Waals surface area contributed by atoms with Crippen LogP contribution in [0.5, 0.6) is 0 Å². The predicted octanol–water partition coefficient (Wildman–Crippen LogP) is 1.97. The lowest BCUT2D eigenvalue weighted by Gasteiger charge is -2.35. The largest absolute Gasteiger partial charge is 0.444 e. The first kappa shape index (κ1) is 24.7. The minimum absolute atomic E-state index is 0.195. The number of ether oxygens (including phenoxy) is 1. The van der Waals surface area contributed by atoms with E-state index in [-0.39, 0.29) is 6.09 Å². The lowest BCUT2D eigenvalue weighted by molar-refractivity contribution is 0.0145. The van der Waals surface area contributed by atoms with Crippen molar-refractivity contribution in [1.29, 1.82) is 0 Å². The monoisotopic (exact) mass is 424 g/mol.